The number of rotatable bonds is 7. The highest BCUT2D eigenvalue weighted by Gasteiger charge is 2.09. The lowest BCUT2D eigenvalue weighted by atomic mass is 10.3. The van der Waals surface area contributed by atoms with Gasteiger partial charge < -0.3 is 9.47 Å². The van der Waals surface area contributed by atoms with Crippen molar-refractivity contribution in [2.75, 3.05) is 19.8 Å². The fraction of sp³-hybridized carbons (Fsp3) is 0.600. The van der Waals surface area contributed by atoms with Crippen LogP contribution in [0.5, 0.6) is 0 Å². The van der Waals surface area contributed by atoms with E-state index in [-0.39, 0.29) is 18.8 Å². The van der Waals surface area contributed by atoms with E-state index in [1.165, 1.54) is 0 Å². The molecule has 14 heavy (non-hydrogen) atoms. The van der Waals surface area contributed by atoms with Gasteiger partial charge in [0.1, 0.15) is 13.0 Å². The van der Waals surface area contributed by atoms with Gasteiger partial charge in [-0.3, -0.25) is 9.59 Å². The van der Waals surface area contributed by atoms with Crippen LogP contribution >= 0.6 is 0 Å². The molecule has 0 amide bonds. The predicted molar refractivity (Wildman–Crippen MR) is 51.9 cm³/mol. The molecule has 0 bridgehead atoms. The van der Waals surface area contributed by atoms with E-state index in [1.807, 2.05) is 13.0 Å². The first-order chi connectivity index (χ1) is 6.70. The van der Waals surface area contributed by atoms with Gasteiger partial charge in [0, 0.05) is 0 Å². The number of hydrogen-bond donors (Lipinski definition) is 0. The second-order valence-electron chi connectivity index (χ2n) is 2.60. The molecule has 0 aliphatic heterocycles. The Labute approximate surface area is 83.9 Å². The van der Waals surface area contributed by atoms with Gasteiger partial charge in [-0.1, -0.05) is 12.2 Å². The summed E-state index contributed by atoms with van der Waals surface area (Å²) in [5.74, 6) is -0.750. The Bertz CT molecular complexity index is 208. The van der Waals surface area contributed by atoms with Crippen LogP contribution in [0.1, 0.15) is 20.3 Å². The maximum atomic E-state index is 11.0. The molecule has 0 radical (unpaired) electrons. The summed E-state index contributed by atoms with van der Waals surface area (Å²) in [6.45, 7) is 4.22. The van der Waals surface area contributed by atoms with Gasteiger partial charge in [0.15, 0.2) is 5.78 Å². The van der Waals surface area contributed by atoms with Crippen molar-refractivity contribution >= 4 is 11.8 Å². The molecule has 4 heteroatoms. The van der Waals surface area contributed by atoms with Gasteiger partial charge in [0.2, 0.25) is 0 Å². The number of carbonyl (C=O) groups is 2. The number of carbonyl (C=O) groups excluding carboxylic acids is 2. The summed E-state index contributed by atoms with van der Waals surface area (Å²) in [5.41, 5.74) is 0. The number of ketones is 1. The monoisotopic (exact) mass is 200 g/mol. The van der Waals surface area contributed by atoms with Crippen molar-refractivity contribution in [3.8, 4) is 0 Å². The van der Waals surface area contributed by atoms with Gasteiger partial charge in [0.25, 0.3) is 0 Å². The van der Waals surface area contributed by atoms with Gasteiger partial charge in [-0.15, -0.1) is 0 Å². The van der Waals surface area contributed by atoms with Gasteiger partial charge in [-0.05, 0) is 13.8 Å². The molecule has 80 valence electrons. The van der Waals surface area contributed by atoms with E-state index in [1.54, 1.807) is 13.0 Å². The van der Waals surface area contributed by atoms with Gasteiger partial charge in [-0.2, -0.15) is 0 Å². The quantitative estimate of drug-likeness (QED) is 0.267. The molecule has 0 aromatic heterocycles. The van der Waals surface area contributed by atoms with Crippen LogP contribution in [-0.4, -0.2) is 31.6 Å². The zero-order valence-corrected chi connectivity index (χ0v) is 8.62. The van der Waals surface area contributed by atoms with Crippen LogP contribution in [0.25, 0.3) is 0 Å². The Morgan fingerprint density at radius 2 is 2.07 bits per heavy atom. The van der Waals surface area contributed by atoms with Crippen molar-refractivity contribution in [1.29, 1.82) is 0 Å². The first-order valence-corrected chi connectivity index (χ1v) is 4.57. The summed E-state index contributed by atoms with van der Waals surface area (Å²) in [6, 6.07) is 0. The summed E-state index contributed by atoms with van der Waals surface area (Å²) in [7, 11) is 0. The molecule has 0 atom stereocenters. The standard InChI is InChI=1S/C10H16O4/c1-3-5-6-13-8-9(11)7-10(12)14-4-2/h3,5H,4,6-8H2,1-2H3/b5-3+. The molecule has 0 saturated carbocycles. The van der Waals surface area contributed by atoms with E-state index in [0.717, 1.165) is 0 Å². The Balaban J connectivity index is 3.50. The normalized spacial score (nSPS) is 10.4. The summed E-state index contributed by atoms with van der Waals surface area (Å²) in [6.07, 6.45) is 3.41. The zero-order chi connectivity index (χ0) is 10.8. The molecule has 0 spiro atoms. The Morgan fingerprint density at radius 1 is 1.36 bits per heavy atom. The fourth-order valence-electron chi connectivity index (χ4n) is 0.761. The van der Waals surface area contributed by atoms with Crippen LogP contribution < -0.4 is 0 Å². The van der Waals surface area contributed by atoms with Crippen molar-refractivity contribution in [3.05, 3.63) is 12.2 Å². The summed E-state index contributed by atoms with van der Waals surface area (Å²) >= 11 is 0. The molecule has 0 saturated heterocycles. The molecule has 0 aromatic carbocycles. The van der Waals surface area contributed by atoms with Crippen LogP contribution in [0.15, 0.2) is 12.2 Å². The molecule has 0 heterocycles. The van der Waals surface area contributed by atoms with E-state index >= 15 is 0 Å². The lowest BCUT2D eigenvalue weighted by molar-refractivity contribution is -0.146. The van der Waals surface area contributed by atoms with Gasteiger partial charge in [0.05, 0.1) is 13.2 Å². The molecule has 0 rings (SSSR count). The van der Waals surface area contributed by atoms with Crippen LogP contribution in [-0.2, 0) is 19.1 Å². The Hall–Kier alpha value is -1.16. The molecule has 0 fully saturated rings. The number of hydrogen-bond acceptors (Lipinski definition) is 4. The number of allylic oxidation sites excluding steroid dienone is 1. The summed E-state index contributed by atoms with van der Waals surface area (Å²) in [4.78, 5) is 21.9. The van der Waals surface area contributed by atoms with Gasteiger partial charge in [-0.25, -0.2) is 0 Å². The van der Waals surface area contributed by atoms with Crippen molar-refractivity contribution in [1.82, 2.24) is 0 Å². The number of esters is 1. The smallest absolute Gasteiger partial charge is 0.313 e. The molecular formula is C10H16O4. The van der Waals surface area contributed by atoms with Crippen molar-refractivity contribution < 1.29 is 19.1 Å². The van der Waals surface area contributed by atoms with E-state index in [0.29, 0.717) is 13.2 Å². The minimum absolute atomic E-state index is 0.0385. The van der Waals surface area contributed by atoms with Crippen LogP contribution in [0.4, 0.5) is 0 Å². The second-order valence-corrected chi connectivity index (χ2v) is 2.60. The first kappa shape index (κ1) is 12.8. The third-order valence-corrected chi connectivity index (χ3v) is 1.36. The van der Waals surface area contributed by atoms with E-state index < -0.39 is 5.97 Å². The third kappa shape index (κ3) is 7.49. The third-order valence-electron chi connectivity index (χ3n) is 1.36. The highest BCUT2D eigenvalue weighted by atomic mass is 16.5. The minimum atomic E-state index is -0.493. The average Bonchev–Trinajstić information content (AvgIpc) is 2.13. The largest absolute Gasteiger partial charge is 0.466 e. The number of Topliss-reactive ketones (excluding diaryl/α,β-unsaturated/α-hetero) is 1. The van der Waals surface area contributed by atoms with E-state index in [2.05, 4.69) is 4.74 Å². The van der Waals surface area contributed by atoms with E-state index in [9.17, 15) is 9.59 Å². The molecule has 4 nitrogen and oxygen atoms in total. The molecule has 0 aliphatic carbocycles. The topological polar surface area (TPSA) is 52.6 Å². The average molecular weight is 200 g/mol. The van der Waals surface area contributed by atoms with Crippen LogP contribution in [0.2, 0.25) is 0 Å². The predicted octanol–water partition coefficient (Wildman–Crippen LogP) is 1.10. The van der Waals surface area contributed by atoms with E-state index in [4.69, 9.17) is 4.74 Å². The van der Waals surface area contributed by atoms with Crippen LogP contribution in [0.3, 0.4) is 0 Å². The second kappa shape index (κ2) is 8.44. The number of ether oxygens (including phenoxy) is 2. The molecule has 0 unspecified atom stereocenters. The maximum Gasteiger partial charge on any atom is 0.313 e. The first-order valence-electron chi connectivity index (χ1n) is 4.57. The summed E-state index contributed by atoms with van der Waals surface area (Å²) in [5, 5.41) is 0. The molecule has 0 N–H and O–H groups in total. The van der Waals surface area contributed by atoms with Crippen molar-refractivity contribution in [2.24, 2.45) is 0 Å². The zero-order valence-electron chi connectivity index (χ0n) is 8.62. The lowest BCUT2D eigenvalue weighted by Crippen LogP contribution is -2.15. The van der Waals surface area contributed by atoms with Crippen molar-refractivity contribution in [3.63, 3.8) is 0 Å². The van der Waals surface area contributed by atoms with Crippen LogP contribution in [0, 0.1) is 0 Å². The highest BCUT2D eigenvalue weighted by molar-refractivity contribution is 5.96. The van der Waals surface area contributed by atoms with Crippen molar-refractivity contribution in [2.45, 2.75) is 20.3 Å². The lowest BCUT2D eigenvalue weighted by Gasteiger charge is -2.01. The minimum Gasteiger partial charge on any atom is -0.466 e. The fourth-order valence-corrected chi connectivity index (χ4v) is 0.761. The Kier molecular flexibility index (Phi) is 7.74. The highest BCUT2D eigenvalue weighted by Crippen LogP contribution is 1.90. The molecule has 0 aromatic rings. The Morgan fingerprint density at radius 3 is 2.64 bits per heavy atom. The summed E-state index contributed by atoms with van der Waals surface area (Å²) < 4.78 is 9.58. The molecule has 0 aliphatic rings. The SMILES string of the molecule is C/C=C/COCC(=O)CC(=O)OCC. The molecular weight excluding hydrogens is 184 g/mol. The maximum absolute atomic E-state index is 11.0. The van der Waals surface area contributed by atoms with Gasteiger partial charge >= 0.3 is 5.97 Å².